The molecule has 2 aromatic rings. The van der Waals surface area contributed by atoms with Gasteiger partial charge < -0.3 is 15.0 Å². The molecule has 24 heavy (non-hydrogen) atoms. The van der Waals surface area contributed by atoms with E-state index in [4.69, 9.17) is 4.74 Å². The van der Waals surface area contributed by atoms with Crippen LogP contribution in [0.2, 0.25) is 0 Å². The third-order valence-corrected chi connectivity index (χ3v) is 4.23. The van der Waals surface area contributed by atoms with Gasteiger partial charge in [-0.3, -0.25) is 9.69 Å². The average Bonchev–Trinajstić information content (AvgIpc) is 3.00. The molecule has 1 heterocycles. The minimum atomic E-state index is -0.285. The van der Waals surface area contributed by atoms with Crippen LogP contribution in [0.25, 0.3) is 10.8 Å². The molecule has 6 heteroatoms. The zero-order valence-corrected chi connectivity index (χ0v) is 14.0. The van der Waals surface area contributed by atoms with Crippen molar-refractivity contribution in [2.24, 2.45) is 0 Å². The van der Waals surface area contributed by atoms with Gasteiger partial charge in [-0.2, -0.15) is 0 Å². The highest BCUT2D eigenvalue weighted by Crippen LogP contribution is 2.21. The normalized spacial score (nSPS) is 15.4. The van der Waals surface area contributed by atoms with E-state index in [1.165, 1.54) is 4.90 Å². The number of fused-ring (bicyclic) bond motifs is 1. The predicted octanol–water partition coefficient (Wildman–Crippen LogP) is 0.415. The van der Waals surface area contributed by atoms with Crippen LogP contribution in [0.3, 0.4) is 0 Å². The zero-order chi connectivity index (χ0) is 17.1. The number of benzene rings is 2. The van der Waals surface area contributed by atoms with Gasteiger partial charge in [0.1, 0.15) is 12.3 Å². The molecule has 1 aliphatic rings. The summed E-state index contributed by atoms with van der Waals surface area (Å²) in [5.41, 5.74) is 1.16. The van der Waals surface area contributed by atoms with E-state index >= 15 is 0 Å². The van der Waals surface area contributed by atoms with E-state index < -0.39 is 0 Å². The van der Waals surface area contributed by atoms with Crippen LogP contribution < -0.4 is 15.0 Å². The van der Waals surface area contributed by atoms with Crippen LogP contribution in [-0.2, 0) is 11.3 Å². The Hall–Kier alpha value is -2.60. The van der Waals surface area contributed by atoms with Crippen LogP contribution in [0.15, 0.2) is 36.4 Å². The van der Waals surface area contributed by atoms with Crippen molar-refractivity contribution in [2.45, 2.75) is 6.54 Å². The SMILES string of the molecule is COc1ccc2cc(C[NH+](C)CC(=O)N3CCNC3=O)ccc2c1. The van der Waals surface area contributed by atoms with Crippen molar-refractivity contribution >= 4 is 22.7 Å². The number of likely N-dealkylation sites (N-methyl/N-ethyl adjacent to an activating group) is 1. The molecule has 1 fully saturated rings. The summed E-state index contributed by atoms with van der Waals surface area (Å²) in [7, 11) is 3.62. The number of carbonyl (C=O) groups is 2. The summed E-state index contributed by atoms with van der Waals surface area (Å²) in [6.07, 6.45) is 0. The highest BCUT2D eigenvalue weighted by molar-refractivity contribution is 5.96. The third-order valence-electron chi connectivity index (χ3n) is 4.23. The van der Waals surface area contributed by atoms with Crippen molar-refractivity contribution in [2.75, 3.05) is 33.8 Å². The molecule has 0 saturated carbocycles. The first-order valence-corrected chi connectivity index (χ1v) is 8.03. The van der Waals surface area contributed by atoms with E-state index in [1.54, 1.807) is 7.11 Å². The Balaban J connectivity index is 1.65. The molecular formula is C18H22N3O3+. The van der Waals surface area contributed by atoms with Crippen molar-refractivity contribution in [3.63, 3.8) is 0 Å². The molecule has 126 valence electrons. The Bertz CT molecular complexity index is 775. The Labute approximate surface area is 141 Å². The fourth-order valence-electron chi connectivity index (χ4n) is 2.98. The number of imide groups is 1. The van der Waals surface area contributed by atoms with E-state index in [9.17, 15) is 9.59 Å². The van der Waals surface area contributed by atoms with Gasteiger partial charge in [-0.1, -0.05) is 18.2 Å². The fourth-order valence-corrected chi connectivity index (χ4v) is 2.98. The molecule has 6 nitrogen and oxygen atoms in total. The number of hydrogen-bond donors (Lipinski definition) is 2. The third kappa shape index (κ3) is 3.49. The minimum Gasteiger partial charge on any atom is -0.497 e. The lowest BCUT2D eigenvalue weighted by molar-refractivity contribution is -0.885. The number of quaternary nitrogens is 1. The second-order valence-electron chi connectivity index (χ2n) is 6.14. The smallest absolute Gasteiger partial charge is 0.324 e. The maximum Gasteiger partial charge on any atom is 0.324 e. The van der Waals surface area contributed by atoms with Gasteiger partial charge in [-0.15, -0.1) is 0 Å². The number of ether oxygens (including phenoxy) is 1. The summed E-state index contributed by atoms with van der Waals surface area (Å²) in [6, 6.07) is 12.0. The topological polar surface area (TPSA) is 63.1 Å². The molecule has 3 amide bonds. The average molecular weight is 328 g/mol. The molecule has 0 bridgehead atoms. The van der Waals surface area contributed by atoms with Crippen molar-refractivity contribution in [1.82, 2.24) is 10.2 Å². The second kappa shape index (κ2) is 6.88. The maximum atomic E-state index is 12.2. The molecule has 3 rings (SSSR count). The Morgan fingerprint density at radius 1 is 1.25 bits per heavy atom. The van der Waals surface area contributed by atoms with E-state index in [0.29, 0.717) is 19.6 Å². The summed E-state index contributed by atoms with van der Waals surface area (Å²) in [5, 5.41) is 4.92. The van der Waals surface area contributed by atoms with E-state index in [0.717, 1.165) is 33.5 Å². The summed E-state index contributed by atoms with van der Waals surface area (Å²) < 4.78 is 5.24. The van der Waals surface area contributed by atoms with E-state index in [-0.39, 0.29) is 11.9 Å². The highest BCUT2D eigenvalue weighted by Gasteiger charge is 2.28. The zero-order valence-electron chi connectivity index (χ0n) is 14.0. The van der Waals surface area contributed by atoms with Gasteiger partial charge in [0, 0.05) is 18.7 Å². The number of amides is 3. The van der Waals surface area contributed by atoms with Crippen LogP contribution in [0, 0.1) is 0 Å². The van der Waals surface area contributed by atoms with Crippen LogP contribution in [-0.4, -0.2) is 50.6 Å². The van der Waals surface area contributed by atoms with Crippen molar-refractivity contribution in [1.29, 1.82) is 0 Å². The van der Waals surface area contributed by atoms with Gasteiger partial charge in [-0.25, -0.2) is 4.79 Å². The quantitative estimate of drug-likeness (QED) is 0.836. The number of methoxy groups -OCH3 is 1. The van der Waals surface area contributed by atoms with Crippen LogP contribution >= 0.6 is 0 Å². The number of urea groups is 1. The molecule has 1 saturated heterocycles. The van der Waals surface area contributed by atoms with Crippen LogP contribution in [0.1, 0.15) is 5.56 Å². The standard InChI is InChI=1S/C18H21N3O3/c1-20(12-17(22)21-8-7-19-18(21)23)11-13-3-4-15-10-16(24-2)6-5-14(15)9-13/h3-6,9-10H,7-8,11-12H2,1-2H3,(H,19,23)/p+1. The summed E-state index contributed by atoms with van der Waals surface area (Å²) in [5.74, 6) is 0.709. The summed E-state index contributed by atoms with van der Waals surface area (Å²) in [6.45, 7) is 2.03. The lowest BCUT2D eigenvalue weighted by atomic mass is 10.1. The Morgan fingerprint density at radius 3 is 2.71 bits per heavy atom. The number of hydrogen-bond acceptors (Lipinski definition) is 3. The molecule has 1 aliphatic heterocycles. The molecular weight excluding hydrogens is 306 g/mol. The minimum absolute atomic E-state index is 0.131. The van der Waals surface area contributed by atoms with Crippen molar-refractivity contribution in [3.8, 4) is 5.75 Å². The first-order valence-electron chi connectivity index (χ1n) is 8.03. The van der Waals surface area contributed by atoms with Crippen molar-refractivity contribution < 1.29 is 19.2 Å². The molecule has 2 N–H and O–H groups in total. The molecule has 2 aromatic carbocycles. The number of rotatable bonds is 5. The van der Waals surface area contributed by atoms with Gasteiger partial charge in [0.25, 0.3) is 5.91 Å². The van der Waals surface area contributed by atoms with Crippen LogP contribution in [0.5, 0.6) is 5.75 Å². The lowest BCUT2D eigenvalue weighted by Crippen LogP contribution is -3.08. The first-order chi connectivity index (χ1) is 11.6. The van der Waals surface area contributed by atoms with Gasteiger partial charge >= 0.3 is 6.03 Å². The number of carbonyl (C=O) groups excluding carboxylic acids is 2. The predicted molar refractivity (Wildman–Crippen MR) is 91.1 cm³/mol. The summed E-state index contributed by atoms with van der Waals surface area (Å²) in [4.78, 5) is 26.0. The molecule has 0 radical (unpaired) electrons. The van der Waals surface area contributed by atoms with Gasteiger partial charge in [0.2, 0.25) is 0 Å². The molecule has 0 spiro atoms. The number of nitrogens with zero attached hydrogens (tertiary/aromatic N) is 1. The number of nitrogens with one attached hydrogen (secondary N) is 2. The largest absolute Gasteiger partial charge is 0.497 e. The Morgan fingerprint density at radius 2 is 2.00 bits per heavy atom. The molecule has 0 aromatic heterocycles. The van der Waals surface area contributed by atoms with E-state index in [2.05, 4.69) is 23.5 Å². The van der Waals surface area contributed by atoms with E-state index in [1.807, 2.05) is 25.2 Å². The monoisotopic (exact) mass is 328 g/mol. The molecule has 1 unspecified atom stereocenters. The van der Waals surface area contributed by atoms with Gasteiger partial charge in [0.05, 0.1) is 14.2 Å². The molecule has 1 atom stereocenters. The fraction of sp³-hybridized carbons (Fsp3) is 0.333. The lowest BCUT2D eigenvalue weighted by Gasteiger charge is -2.17. The van der Waals surface area contributed by atoms with Crippen molar-refractivity contribution in [3.05, 3.63) is 42.0 Å². The maximum absolute atomic E-state index is 12.2. The van der Waals surface area contributed by atoms with Gasteiger partial charge in [-0.05, 0) is 29.0 Å². The molecule has 0 aliphatic carbocycles. The first kappa shape index (κ1) is 16.3. The Kier molecular flexibility index (Phi) is 4.66. The highest BCUT2D eigenvalue weighted by atomic mass is 16.5. The van der Waals surface area contributed by atoms with Crippen LogP contribution in [0.4, 0.5) is 4.79 Å². The van der Waals surface area contributed by atoms with Gasteiger partial charge in [0.15, 0.2) is 6.54 Å². The second-order valence-corrected chi connectivity index (χ2v) is 6.14. The summed E-state index contributed by atoms with van der Waals surface area (Å²) >= 11 is 0.